The Morgan fingerprint density at radius 1 is 0.862 bits per heavy atom. The lowest BCUT2D eigenvalue weighted by atomic mass is 9.85. The zero-order chi connectivity index (χ0) is 20.7. The number of rotatable bonds is 8. The molecule has 148 valence electrons. The van der Waals surface area contributed by atoms with E-state index in [9.17, 15) is 14.7 Å². The summed E-state index contributed by atoms with van der Waals surface area (Å²) < 4.78 is 0. The molecule has 29 heavy (non-hydrogen) atoms. The molecule has 4 N–H and O–H groups in total. The SMILES string of the molecule is NC(=O)c1cccc(CCCNC(=O)C(O)(c2ccccc2)c2ccccc2)c1. The van der Waals surface area contributed by atoms with Gasteiger partial charge in [-0.3, -0.25) is 9.59 Å². The van der Waals surface area contributed by atoms with Crippen LogP contribution < -0.4 is 11.1 Å². The quantitative estimate of drug-likeness (QED) is 0.518. The highest BCUT2D eigenvalue weighted by Gasteiger charge is 2.39. The first-order chi connectivity index (χ1) is 14.0. The number of hydrogen-bond acceptors (Lipinski definition) is 3. The van der Waals surface area contributed by atoms with Crippen molar-refractivity contribution < 1.29 is 14.7 Å². The van der Waals surface area contributed by atoms with Gasteiger partial charge in [-0.05, 0) is 41.7 Å². The van der Waals surface area contributed by atoms with Crippen LogP contribution in [-0.2, 0) is 16.8 Å². The smallest absolute Gasteiger partial charge is 0.261 e. The predicted octanol–water partition coefficient (Wildman–Crippen LogP) is 2.77. The van der Waals surface area contributed by atoms with Gasteiger partial charge in [-0.15, -0.1) is 0 Å². The van der Waals surface area contributed by atoms with Crippen LogP contribution in [0.2, 0.25) is 0 Å². The van der Waals surface area contributed by atoms with Crippen LogP contribution in [0.25, 0.3) is 0 Å². The van der Waals surface area contributed by atoms with Gasteiger partial charge in [0, 0.05) is 12.1 Å². The van der Waals surface area contributed by atoms with E-state index in [1.54, 1.807) is 66.7 Å². The zero-order valence-corrected chi connectivity index (χ0v) is 16.0. The summed E-state index contributed by atoms with van der Waals surface area (Å²) in [5.41, 5.74) is 6.00. The zero-order valence-electron chi connectivity index (χ0n) is 16.0. The van der Waals surface area contributed by atoms with E-state index in [-0.39, 0.29) is 0 Å². The Morgan fingerprint density at radius 3 is 2.00 bits per heavy atom. The fraction of sp³-hybridized carbons (Fsp3) is 0.167. The van der Waals surface area contributed by atoms with Crippen LogP contribution in [0, 0.1) is 0 Å². The van der Waals surface area contributed by atoms with Crippen molar-refractivity contribution in [1.82, 2.24) is 5.32 Å². The Bertz CT molecular complexity index is 932. The van der Waals surface area contributed by atoms with Gasteiger partial charge in [-0.25, -0.2) is 0 Å². The second-order valence-electron chi connectivity index (χ2n) is 6.87. The number of primary amides is 1. The van der Waals surface area contributed by atoms with Crippen LogP contribution >= 0.6 is 0 Å². The molecule has 0 heterocycles. The van der Waals surface area contributed by atoms with Gasteiger partial charge in [0.15, 0.2) is 5.60 Å². The molecule has 0 aromatic heterocycles. The lowest BCUT2D eigenvalue weighted by molar-refractivity contribution is -0.136. The van der Waals surface area contributed by atoms with Crippen LogP contribution in [0.5, 0.6) is 0 Å². The second kappa shape index (κ2) is 9.17. The predicted molar refractivity (Wildman–Crippen MR) is 112 cm³/mol. The van der Waals surface area contributed by atoms with Crippen LogP contribution in [0.1, 0.15) is 33.5 Å². The van der Waals surface area contributed by atoms with E-state index in [0.717, 1.165) is 5.56 Å². The molecule has 5 heteroatoms. The molecule has 0 saturated carbocycles. The molecule has 0 atom stereocenters. The largest absolute Gasteiger partial charge is 0.372 e. The number of nitrogens with two attached hydrogens (primary N) is 1. The maximum Gasteiger partial charge on any atom is 0.261 e. The molecule has 3 rings (SSSR count). The van der Waals surface area contributed by atoms with Gasteiger partial charge in [0.1, 0.15) is 0 Å². The van der Waals surface area contributed by atoms with Crippen molar-refractivity contribution >= 4 is 11.8 Å². The Balaban J connectivity index is 1.68. The molecule has 0 radical (unpaired) electrons. The third kappa shape index (κ3) is 4.70. The summed E-state index contributed by atoms with van der Waals surface area (Å²) in [7, 11) is 0. The molecule has 3 aromatic carbocycles. The maximum absolute atomic E-state index is 13.0. The van der Waals surface area contributed by atoms with Crippen molar-refractivity contribution in [1.29, 1.82) is 0 Å². The molecule has 0 spiro atoms. The number of aryl methyl sites for hydroxylation is 1. The first kappa shape index (κ1) is 20.3. The van der Waals surface area contributed by atoms with E-state index in [4.69, 9.17) is 5.73 Å². The van der Waals surface area contributed by atoms with Crippen molar-refractivity contribution in [2.24, 2.45) is 5.73 Å². The van der Waals surface area contributed by atoms with Crippen molar-refractivity contribution in [3.8, 4) is 0 Å². The molecular weight excluding hydrogens is 364 g/mol. The number of hydrogen-bond donors (Lipinski definition) is 3. The minimum Gasteiger partial charge on any atom is -0.372 e. The molecule has 0 unspecified atom stereocenters. The number of amides is 2. The van der Waals surface area contributed by atoms with Crippen LogP contribution in [0.15, 0.2) is 84.9 Å². The summed E-state index contributed by atoms with van der Waals surface area (Å²) >= 11 is 0. The minimum absolute atomic E-state index is 0.390. The Kier molecular flexibility index (Phi) is 6.42. The van der Waals surface area contributed by atoms with Crippen molar-refractivity contribution in [2.45, 2.75) is 18.4 Å². The number of nitrogens with one attached hydrogen (secondary N) is 1. The summed E-state index contributed by atoms with van der Waals surface area (Å²) in [6.45, 7) is 0.390. The highest BCUT2D eigenvalue weighted by molar-refractivity contribution is 5.93. The highest BCUT2D eigenvalue weighted by atomic mass is 16.3. The minimum atomic E-state index is -1.77. The van der Waals surface area contributed by atoms with Gasteiger partial charge in [0.25, 0.3) is 5.91 Å². The van der Waals surface area contributed by atoms with Crippen LogP contribution in [0.4, 0.5) is 0 Å². The number of carbonyl (C=O) groups is 2. The van der Waals surface area contributed by atoms with Gasteiger partial charge >= 0.3 is 0 Å². The topological polar surface area (TPSA) is 92.4 Å². The standard InChI is InChI=1S/C24H24N2O3/c25-22(27)19-11-7-9-18(17-19)10-8-16-26-23(28)24(29,20-12-3-1-4-13-20)21-14-5-2-6-15-21/h1-7,9,11-15,17,29H,8,10,16H2,(H2,25,27)(H,26,28). The van der Waals surface area contributed by atoms with E-state index in [1.165, 1.54) is 0 Å². The molecule has 0 aliphatic carbocycles. The normalized spacial score (nSPS) is 11.1. The first-order valence-electron chi connectivity index (χ1n) is 9.52. The van der Waals surface area contributed by atoms with Gasteiger partial charge in [0.05, 0.1) is 0 Å². The molecule has 2 amide bonds. The third-order valence-electron chi connectivity index (χ3n) is 4.85. The highest BCUT2D eigenvalue weighted by Crippen LogP contribution is 2.29. The molecule has 0 aliphatic heterocycles. The van der Waals surface area contributed by atoms with Crippen molar-refractivity contribution in [2.75, 3.05) is 6.54 Å². The van der Waals surface area contributed by atoms with Gasteiger partial charge < -0.3 is 16.2 Å². The van der Waals surface area contributed by atoms with Crippen LogP contribution in [-0.4, -0.2) is 23.5 Å². The summed E-state index contributed by atoms with van der Waals surface area (Å²) in [4.78, 5) is 24.3. The molecule has 0 saturated heterocycles. The average molecular weight is 388 g/mol. The summed E-state index contributed by atoms with van der Waals surface area (Å²) in [6, 6.07) is 24.9. The Hall–Kier alpha value is -3.44. The number of aliphatic hydroxyl groups is 1. The van der Waals surface area contributed by atoms with Gasteiger partial charge in [0.2, 0.25) is 5.91 Å². The molecule has 0 bridgehead atoms. The molecule has 0 fully saturated rings. The first-order valence-corrected chi connectivity index (χ1v) is 9.52. The van der Waals surface area contributed by atoms with E-state index >= 15 is 0 Å². The molecule has 0 aliphatic rings. The summed E-state index contributed by atoms with van der Waals surface area (Å²) in [5, 5.41) is 14.2. The van der Waals surface area contributed by atoms with Crippen LogP contribution in [0.3, 0.4) is 0 Å². The molecular formula is C24H24N2O3. The second-order valence-corrected chi connectivity index (χ2v) is 6.87. The number of benzene rings is 3. The molecule has 5 nitrogen and oxygen atoms in total. The monoisotopic (exact) mass is 388 g/mol. The average Bonchev–Trinajstić information content (AvgIpc) is 2.77. The lowest BCUT2D eigenvalue weighted by Gasteiger charge is -2.28. The van der Waals surface area contributed by atoms with E-state index < -0.39 is 17.4 Å². The van der Waals surface area contributed by atoms with Gasteiger partial charge in [-0.1, -0.05) is 72.8 Å². The number of carbonyl (C=O) groups excluding carboxylic acids is 2. The van der Waals surface area contributed by atoms with Crippen molar-refractivity contribution in [3.05, 3.63) is 107 Å². The van der Waals surface area contributed by atoms with E-state index in [1.807, 2.05) is 18.2 Å². The fourth-order valence-corrected chi connectivity index (χ4v) is 3.29. The lowest BCUT2D eigenvalue weighted by Crippen LogP contribution is -2.45. The van der Waals surface area contributed by atoms with Crippen molar-refractivity contribution in [3.63, 3.8) is 0 Å². The molecule has 3 aromatic rings. The summed E-state index contributed by atoms with van der Waals surface area (Å²) in [6.07, 6.45) is 1.34. The Labute approximate surface area is 170 Å². The maximum atomic E-state index is 13.0. The van der Waals surface area contributed by atoms with E-state index in [2.05, 4.69) is 5.32 Å². The fourth-order valence-electron chi connectivity index (χ4n) is 3.29. The summed E-state index contributed by atoms with van der Waals surface area (Å²) in [5.74, 6) is -0.934. The Morgan fingerprint density at radius 2 is 1.45 bits per heavy atom. The van der Waals surface area contributed by atoms with Gasteiger partial charge in [-0.2, -0.15) is 0 Å². The third-order valence-corrected chi connectivity index (χ3v) is 4.85. The van der Waals surface area contributed by atoms with E-state index in [0.29, 0.717) is 36.1 Å².